The maximum Gasteiger partial charge on any atom is 0.185 e. The molecular formula is C35H26ClNO4. The summed E-state index contributed by atoms with van der Waals surface area (Å²) in [6.45, 7) is 2.28. The van der Waals surface area contributed by atoms with Gasteiger partial charge in [0, 0.05) is 38.9 Å². The predicted molar refractivity (Wildman–Crippen MR) is 159 cm³/mol. The number of benzene rings is 4. The van der Waals surface area contributed by atoms with Gasteiger partial charge < -0.3 is 9.64 Å². The van der Waals surface area contributed by atoms with Crippen molar-refractivity contribution in [2.45, 2.75) is 24.9 Å². The van der Waals surface area contributed by atoms with E-state index in [2.05, 4.69) is 0 Å². The Labute approximate surface area is 243 Å². The van der Waals surface area contributed by atoms with E-state index in [1.54, 1.807) is 42.5 Å². The van der Waals surface area contributed by atoms with Crippen molar-refractivity contribution in [3.63, 3.8) is 0 Å². The van der Waals surface area contributed by atoms with Crippen LogP contribution in [0.1, 0.15) is 55.0 Å². The molecule has 202 valence electrons. The smallest absolute Gasteiger partial charge is 0.185 e. The van der Waals surface area contributed by atoms with Crippen LogP contribution in [0.4, 0.5) is 5.69 Å². The Morgan fingerprint density at radius 1 is 0.878 bits per heavy atom. The van der Waals surface area contributed by atoms with Gasteiger partial charge in [0.25, 0.3) is 0 Å². The third kappa shape index (κ3) is 3.52. The van der Waals surface area contributed by atoms with Crippen LogP contribution in [-0.4, -0.2) is 36.0 Å². The van der Waals surface area contributed by atoms with E-state index >= 15 is 0 Å². The summed E-state index contributed by atoms with van der Waals surface area (Å²) < 4.78 is 6.08. The van der Waals surface area contributed by atoms with Gasteiger partial charge in [-0.3, -0.25) is 14.4 Å². The summed E-state index contributed by atoms with van der Waals surface area (Å²) in [5, 5.41) is 0.561. The molecule has 1 saturated heterocycles. The van der Waals surface area contributed by atoms with E-state index in [4.69, 9.17) is 16.3 Å². The zero-order valence-electron chi connectivity index (χ0n) is 22.3. The lowest BCUT2D eigenvalue weighted by molar-refractivity contribution is 0.0664. The van der Waals surface area contributed by atoms with Crippen LogP contribution in [0.25, 0.3) is 6.08 Å². The Kier molecular flexibility index (Phi) is 5.95. The summed E-state index contributed by atoms with van der Waals surface area (Å²) in [7, 11) is 0. The van der Waals surface area contributed by atoms with Crippen LogP contribution >= 0.6 is 11.6 Å². The van der Waals surface area contributed by atoms with Gasteiger partial charge >= 0.3 is 0 Å². The topological polar surface area (TPSA) is 63.7 Å². The number of halogens is 1. The number of anilines is 1. The van der Waals surface area contributed by atoms with Crippen LogP contribution in [0.15, 0.2) is 103 Å². The number of hydrogen-bond donors (Lipinski definition) is 0. The highest BCUT2D eigenvalue weighted by Crippen LogP contribution is 2.62. The molecule has 4 aromatic carbocycles. The molecule has 0 bridgehead atoms. The molecule has 2 aliphatic heterocycles. The van der Waals surface area contributed by atoms with Crippen molar-refractivity contribution in [2.24, 2.45) is 5.41 Å². The highest BCUT2D eigenvalue weighted by Gasteiger charge is 2.71. The largest absolute Gasteiger partial charge is 0.494 e. The molecule has 3 atom stereocenters. The van der Waals surface area contributed by atoms with E-state index in [-0.39, 0.29) is 17.3 Å². The second-order valence-corrected chi connectivity index (χ2v) is 11.0. The van der Waals surface area contributed by atoms with Gasteiger partial charge in [-0.2, -0.15) is 0 Å². The van der Waals surface area contributed by atoms with Crippen molar-refractivity contribution < 1.29 is 19.1 Å². The first-order chi connectivity index (χ1) is 20.0. The van der Waals surface area contributed by atoms with Gasteiger partial charge in [-0.05, 0) is 36.8 Å². The number of ether oxygens (including phenoxy) is 1. The number of Topliss-reactive ketones (excluding diaryl/α,β-unsaturated/α-hetero) is 3. The molecular weight excluding hydrogens is 534 g/mol. The molecule has 3 aliphatic rings. The molecule has 0 amide bonds. The number of fused-ring (bicyclic) bond motifs is 5. The van der Waals surface area contributed by atoms with Crippen LogP contribution in [0, 0.1) is 5.41 Å². The lowest BCUT2D eigenvalue weighted by Crippen LogP contribution is -2.48. The van der Waals surface area contributed by atoms with Crippen molar-refractivity contribution in [3.05, 3.63) is 136 Å². The zero-order valence-corrected chi connectivity index (χ0v) is 23.0. The Balaban J connectivity index is 1.57. The number of carbonyl (C=O) groups excluding carboxylic acids is 3. The van der Waals surface area contributed by atoms with Crippen LogP contribution in [0.3, 0.4) is 0 Å². The minimum Gasteiger partial charge on any atom is -0.494 e. The van der Waals surface area contributed by atoms with Crippen LogP contribution in [0.2, 0.25) is 5.02 Å². The molecule has 7 rings (SSSR count). The molecule has 6 heteroatoms. The van der Waals surface area contributed by atoms with Gasteiger partial charge in [0.1, 0.15) is 17.2 Å². The molecule has 41 heavy (non-hydrogen) atoms. The average Bonchev–Trinajstić information content (AvgIpc) is 3.43. The van der Waals surface area contributed by atoms with Crippen LogP contribution < -0.4 is 9.64 Å². The highest BCUT2D eigenvalue weighted by molar-refractivity contribution is 6.32. The number of ketones is 3. The summed E-state index contributed by atoms with van der Waals surface area (Å²) in [6.07, 6.45) is 3.81. The van der Waals surface area contributed by atoms with Crippen LogP contribution in [0.5, 0.6) is 5.75 Å². The maximum absolute atomic E-state index is 14.8. The number of para-hydroxylation sites is 1. The zero-order chi connectivity index (χ0) is 28.3. The fourth-order valence-electron chi connectivity index (χ4n) is 7.09. The van der Waals surface area contributed by atoms with Gasteiger partial charge in [0.05, 0.1) is 12.6 Å². The molecule has 0 N–H and O–H groups in total. The molecule has 0 aromatic heterocycles. The molecule has 5 nitrogen and oxygen atoms in total. The van der Waals surface area contributed by atoms with Crippen molar-refractivity contribution in [2.75, 3.05) is 11.5 Å². The third-order valence-electron chi connectivity index (χ3n) is 8.65. The lowest BCUT2D eigenvalue weighted by Gasteiger charge is -2.37. The van der Waals surface area contributed by atoms with Gasteiger partial charge in [-0.1, -0.05) is 96.5 Å². The van der Waals surface area contributed by atoms with Crippen molar-refractivity contribution in [3.8, 4) is 5.75 Å². The summed E-state index contributed by atoms with van der Waals surface area (Å²) in [5.41, 5.74) is 1.94. The lowest BCUT2D eigenvalue weighted by atomic mass is 9.64. The number of nitrogens with zero attached hydrogens (tertiary/aromatic N) is 1. The molecule has 1 fully saturated rings. The van der Waals surface area contributed by atoms with E-state index in [1.165, 1.54) is 0 Å². The van der Waals surface area contributed by atoms with Gasteiger partial charge in [0.2, 0.25) is 0 Å². The third-order valence-corrected chi connectivity index (χ3v) is 8.88. The van der Waals surface area contributed by atoms with E-state index in [0.717, 1.165) is 11.3 Å². The Bertz CT molecular complexity index is 1730. The van der Waals surface area contributed by atoms with E-state index in [1.807, 2.05) is 78.6 Å². The standard InChI is InChI=1S/C35H26ClNO4/c1-2-41-28-15-9-8-14-26(28)30-31(32(38)21-10-4-3-5-11-21)37-27-18-17-23(36)20-22(27)16-19-29(37)35(30)33(39)24-12-6-7-13-25(24)34(35)40/h3-20,29-31H,2H2,1H3/t29-,30+,31+/m0/s1. The van der Waals surface area contributed by atoms with Crippen LogP contribution in [-0.2, 0) is 0 Å². The molecule has 0 radical (unpaired) electrons. The fraction of sp³-hybridized carbons (Fsp3) is 0.171. The Morgan fingerprint density at radius 3 is 2.24 bits per heavy atom. The maximum atomic E-state index is 14.8. The van der Waals surface area contributed by atoms with Crippen molar-refractivity contribution in [1.29, 1.82) is 0 Å². The summed E-state index contributed by atoms with van der Waals surface area (Å²) >= 11 is 6.38. The number of hydrogen-bond acceptors (Lipinski definition) is 5. The average molecular weight is 560 g/mol. The second-order valence-electron chi connectivity index (χ2n) is 10.6. The minimum atomic E-state index is -1.58. The normalized spacial score (nSPS) is 21.5. The summed E-state index contributed by atoms with van der Waals surface area (Å²) in [6, 6.07) is 27.4. The van der Waals surface area contributed by atoms with E-state index in [9.17, 15) is 14.4 Å². The van der Waals surface area contributed by atoms with E-state index in [0.29, 0.717) is 39.6 Å². The Hall–Kier alpha value is -4.48. The predicted octanol–water partition coefficient (Wildman–Crippen LogP) is 7.06. The van der Waals surface area contributed by atoms with Crippen molar-refractivity contribution in [1.82, 2.24) is 0 Å². The van der Waals surface area contributed by atoms with Gasteiger partial charge in [-0.25, -0.2) is 0 Å². The summed E-state index contributed by atoms with van der Waals surface area (Å²) in [4.78, 5) is 46.2. The van der Waals surface area contributed by atoms with Gasteiger partial charge in [-0.15, -0.1) is 0 Å². The fourth-order valence-corrected chi connectivity index (χ4v) is 7.27. The number of rotatable bonds is 5. The Morgan fingerprint density at radius 2 is 1.54 bits per heavy atom. The van der Waals surface area contributed by atoms with E-state index < -0.39 is 23.4 Å². The summed E-state index contributed by atoms with van der Waals surface area (Å²) in [5.74, 6) is -0.982. The second kappa shape index (κ2) is 9.57. The monoisotopic (exact) mass is 559 g/mol. The molecule has 0 unspecified atom stereocenters. The molecule has 1 spiro atoms. The quantitative estimate of drug-likeness (QED) is 0.193. The SMILES string of the molecule is CCOc1ccccc1[C@@H]1[C@H](C(=O)c2ccccc2)N2c3ccc(Cl)cc3C=C[C@H]2C12C(=O)c1ccccc1C2=O. The van der Waals surface area contributed by atoms with Crippen molar-refractivity contribution >= 4 is 40.7 Å². The molecule has 0 saturated carbocycles. The minimum absolute atomic E-state index is 0.170. The molecule has 2 heterocycles. The molecule has 1 aliphatic carbocycles. The van der Waals surface area contributed by atoms with Gasteiger partial charge in [0.15, 0.2) is 17.3 Å². The molecule has 4 aromatic rings. The number of carbonyl (C=O) groups is 3. The highest BCUT2D eigenvalue weighted by atomic mass is 35.5. The first kappa shape index (κ1) is 25.5. The first-order valence-corrected chi connectivity index (χ1v) is 14.1. The first-order valence-electron chi connectivity index (χ1n) is 13.7.